The molecule has 0 nitrogen and oxygen atoms in total. The average molecular weight is 148 g/mol. The van der Waals surface area contributed by atoms with E-state index in [1.54, 1.807) is 0 Å². The maximum atomic E-state index is 2.29. The predicted molar refractivity (Wildman–Crippen MR) is 50.5 cm³/mol. The molecule has 11 heavy (non-hydrogen) atoms. The first-order chi connectivity index (χ1) is 5.50. The van der Waals surface area contributed by atoms with Crippen LogP contribution >= 0.6 is 0 Å². The van der Waals surface area contributed by atoms with Crippen LogP contribution < -0.4 is 0 Å². The smallest absolute Gasteiger partial charge is 0.0166 e. The van der Waals surface area contributed by atoms with Crippen LogP contribution in [0.25, 0.3) is 0 Å². The molecule has 0 heteroatoms. The van der Waals surface area contributed by atoms with E-state index >= 15 is 0 Å². The number of hydrogen-bond donors (Lipinski definition) is 0. The summed E-state index contributed by atoms with van der Waals surface area (Å²) in [5.41, 5.74) is 0. The zero-order valence-electron chi connectivity index (χ0n) is 7.00. The zero-order valence-corrected chi connectivity index (χ0v) is 7.00. The highest BCUT2D eigenvalue weighted by atomic mass is 13.9. The minimum absolute atomic E-state index is 1.09. The second-order valence-electron chi connectivity index (χ2n) is 2.85. The van der Waals surface area contributed by atoms with Gasteiger partial charge in [-0.25, -0.2) is 0 Å². The molecule has 0 saturated carbocycles. The first-order valence-electron chi connectivity index (χ1n) is 4.47. The van der Waals surface area contributed by atoms with E-state index in [1.807, 2.05) is 0 Å². The van der Waals surface area contributed by atoms with E-state index in [2.05, 4.69) is 36.5 Å². The highest BCUT2D eigenvalue weighted by molar-refractivity contribution is 5.05. The fourth-order valence-electron chi connectivity index (χ4n) is 1.15. The topological polar surface area (TPSA) is 0 Å². The Morgan fingerprint density at radius 2 is 1.36 bits per heavy atom. The molecule has 0 aromatic rings. The fraction of sp³-hybridized carbons (Fsp3) is 0.455. The second kappa shape index (κ2) is 5.96. The van der Waals surface area contributed by atoms with Crippen LogP contribution in [0.4, 0.5) is 0 Å². The van der Waals surface area contributed by atoms with Gasteiger partial charge in [-0.15, -0.1) is 0 Å². The summed E-state index contributed by atoms with van der Waals surface area (Å²) in [6.07, 6.45) is 19.5. The Morgan fingerprint density at radius 1 is 0.636 bits per heavy atom. The molecule has 0 spiro atoms. The Labute approximate surface area is 69.3 Å². The third-order valence-corrected chi connectivity index (χ3v) is 1.81. The van der Waals surface area contributed by atoms with Crippen molar-refractivity contribution in [2.45, 2.75) is 32.1 Å². The normalized spacial score (nSPS) is 28.4. The minimum Gasteiger partial charge on any atom is -0.0882 e. The Hall–Kier alpha value is -0.780. The van der Waals surface area contributed by atoms with Gasteiger partial charge in [0.1, 0.15) is 0 Å². The van der Waals surface area contributed by atoms with E-state index in [-0.39, 0.29) is 0 Å². The summed E-state index contributed by atoms with van der Waals surface area (Å²) < 4.78 is 0. The number of rotatable bonds is 0. The molecule has 0 radical (unpaired) electrons. The van der Waals surface area contributed by atoms with Crippen LogP contribution in [0.5, 0.6) is 0 Å². The van der Waals surface area contributed by atoms with Crippen molar-refractivity contribution in [2.75, 3.05) is 0 Å². The summed E-state index contributed by atoms with van der Waals surface area (Å²) in [4.78, 5) is 0. The quantitative estimate of drug-likeness (QED) is 0.460. The van der Waals surface area contributed by atoms with E-state index in [0.717, 1.165) is 6.42 Å². The van der Waals surface area contributed by atoms with Crippen molar-refractivity contribution in [3.05, 3.63) is 36.5 Å². The summed E-state index contributed by atoms with van der Waals surface area (Å²) in [5.74, 6) is 0. The maximum Gasteiger partial charge on any atom is -0.0166 e. The van der Waals surface area contributed by atoms with Gasteiger partial charge in [0.2, 0.25) is 0 Å². The van der Waals surface area contributed by atoms with Crippen molar-refractivity contribution >= 4 is 0 Å². The molecule has 1 aliphatic carbocycles. The Kier molecular flexibility index (Phi) is 4.51. The lowest BCUT2D eigenvalue weighted by atomic mass is 10.2. The highest BCUT2D eigenvalue weighted by Gasteiger charge is 1.83. The lowest BCUT2D eigenvalue weighted by Crippen LogP contribution is -1.71. The van der Waals surface area contributed by atoms with Gasteiger partial charge in [0.25, 0.3) is 0 Å². The van der Waals surface area contributed by atoms with Gasteiger partial charge in [-0.05, 0) is 32.1 Å². The fourth-order valence-corrected chi connectivity index (χ4v) is 1.15. The largest absolute Gasteiger partial charge is 0.0882 e. The van der Waals surface area contributed by atoms with E-state index in [4.69, 9.17) is 0 Å². The molecule has 0 aromatic heterocycles. The molecule has 0 aromatic carbocycles. The third-order valence-electron chi connectivity index (χ3n) is 1.81. The van der Waals surface area contributed by atoms with Crippen molar-refractivity contribution < 1.29 is 0 Å². The van der Waals surface area contributed by atoms with Gasteiger partial charge >= 0.3 is 0 Å². The van der Waals surface area contributed by atoms with Crippen molar-refractivity contribution in [3.8, 4) is 0 Å². The Balaban J connectivity index is 2.35. The van der Waals surface area contributed by atoms with Crippen LogP contribution in [0, 0.1) is 0 Å². The standard InChI is InChI=1S/C11H16/c1-2-4-6-8-10-11-9-7-5-3-1/h1-4,7,9H,5-6,8,10-11H2/b3-1+,4-2-,9-7-. The SMILES string of the molecule is C1=C\CCCC/C=C\C/C=C/1. The molecule has 0 N–H and O–H groups in total. The molecule has 0 amide bonds. The van der Waals surface area contributed by atoms with Gasteiger partial charge in [-0.1, -0.05) is 36.5 Å². The Morgan fingerprint density at radius 3 is 2.27 bits per heavy atom. The van der Waals surface area contributed by atoms with Crippen molar-refractivity contribution in [1.82, 2.24) is 0 Å². The predicted octanol–water partition coefficient (Wildman–Crippen LogP) is 3.62. The van der Waals surface area contributed by atoms with Crippen molar-refractivity contribution in [3.63, 3.8) is 0 Å². The summed E-state index contributed by atoms with van der Waals surface area (Å²) in [6, 6.07) is 0. The summed E-state index contributed by atoms with van der Waals surface area (Å²) in [5, 5.41) is 0. The van der Waals surface area contributed by atoms with Crippen molar-refractivity contribution in [1.29, 1.82) is 0 Å². The van der Waals surface area contributed by atoms with Gasteiger partial charge in [0.15, 0.2) is 0 Å². The van der Waals surface area contributed by atoms with Crippen molar-refractivity contribution in [2.24, 2.45) is 0 Å². The highest BCUT2D eigenvalue weighted by Crippen LogP contribution is 2.03. The molecule has 0 fully saturated rings. The second-order valence-corrected chi connectivity index (χ2v) is 2.85. The molecule has 0 heterocycles. The molecule has 0 bridgehead atoms. The van der Waals surface area contributed by atoms with E-state index in [0.29, 0.717) is 0 Å². The van der Waals surface area contributed by atoms with Crippen LogP contribution in [0.2, 0.25) is 0 Å². The van der Waals surface area contributed by atoms with Crippen LogP contribution in [0.1, 0.15) is 32.1 Å². The molecule has 0 unspecified atom stereocenters. The van der Waals surface area contributed by atoms with Gasteiger partial charge in [-0.3, -0.25) is 0 Å². The number of hydrogen-bond acceptors (Lipinski definition) is 0. The van der Waals surface area contributed by atoms with Crippen LogP contribution in [0.3, 0.4) is 0 Å². The first kappa shape index (κ1) is 8.32. The molecular formula is C11H16. The molecular weight excluding hydrogens is 132 g/mol. The van der Waals surface area contributed by atoms with E-state index in [1.165, 1.54) is 25.7 Å². The summed E-state index contributed by atoms with van der Waals surface area (Å²) in [6.45, 7) is 0. The van der Waals surface area contributed by atoms with E-state index in [9.17, 15) is 0 Å². The molecule has 1 aliphatic rings. The molecule has 1 rings (SSSR count). The maximum absolute atomic E-state index is 2.29. The van der Waals surface area contributed by atoms with Gasteiger partial charge < -0.3 is 0 Å². The molecule has 60 valence electrons. The lowest BCUT2D eigenvalue weighted by Gasteiger charge is -1.90. The van der Waals surface area contributed by atoms with Gasteiger partial charge in [0, 0.05) is 0 Å². The minimum atomic E-state index is 1.09. The zero-order chi connectivity index (χ0) is 7.78. The lowest BCUT2D eigenvalue weighted by molar-refractivity contribution is 0.761. The molecule has 0 aliphatic heterocycles. The molecule has 0 saturated heterocycles. The summed E-state index contributed by atoms with van der Waals surface area (Å²) >= 11 is 0. The monoisotopic (exact) mass is 148 g/mol. The van der Waals surface area contributed by atoms with Crippen LogP contribution in [0.15, 0.2) is 36.5 Å². The number of allylic oxidation sites excluding steroid dienone is 6. The Bertz CT molecular complexity index is 161. The third kappa shape index (κ3) is 4.60. The van der Waals surface area contributed by atoms with Crippen LogP contribution in [-0.2, 0) is 0 Å². The first-order valence-corrected chi connectivity index (χ1v) is 4.47. The molecule has 0 atom stereocenters. The van der Waals surface area contributed by atoms with Gasteiger partial charge in [-0.2, -0.15) is 0 Å². The van der Waals surface area contributed by atoms with Crippen LogP contribution in [-0.4, -0.2) is 0 Å². The summed E-state index contributed by atoms with van der Waals surface area (Å²) in [7, 11) is 0. The van der Waals surface area contributed by atoms with Gasteiger partial charge in [0.05, 0.1) is 0 Å². The average Bonchev–Trinajstić information content (AvgIpc) is 2.08. The van der Waals surface area contributed by atoms with E-state index < -0.39 is 0 Å².